The minimum Gasteiger partial charge on any atom is -0.462 e. The van der Waals surface area contributed by atoms with Crippen LogP contribution in [0.1, 0.15) is 48.7 Å². The first-order chi connectivity index (χ1) is 15.5. The van der Waals surface area contributed by atoms with Crippen LogP contribution in [0.4, 0.5) is 17.5 Å². The number of nitrogens with one attached hydrogen (secondary N) is 3. The van der Waals surface area contributed by atoms with Gasteiger partial charge in [0.15, 0.2) is 0 Å². The Hall–Kier alpha value is -2.43. The average molecular weight is 479 g/mol. The molecule has 0 aromatic carbocycles. The summed E-state index contributed by atoms with van der Waals surface area (Å²) < 4.78 is 7.00. The number of rotatable bonds is 7. The predicted molar refractivity (Wildman–Crippen MR) is 131 cm³/mol. The van der Waals surface area contributed by atoms with Crippen molar-refractivity contribution in [3.8, 4) is 0 Å². The summed E-state index contributed by atoms with van der Waals surface area (Å²) in [6, 6.07) is 0.914. The third kappa shape index (κ3) is 6.33. The highest BCUT2D eigenvalue weighted by Gasteiger charge is 2.28. The van der Waals surface area contributed by atoms with E-state index in [-0.39, 0.29) is 18.4 Å². The van der Waals surface area contributed by atoms with E-state index in [2.05, 4.69) is 35.9 Å². The Morgan fingerprint density at radius 1 is 1.21 bits per heavy atom. The lowest BCUT2D eigenvalue weighted by Crippen LogP contribution is -2.50. The molecule has 0 spiro atoms. The van der Waals surface area contributed by atoms with E-state index in [1.54, 1.807) is 17.8 Å². The maximum absolute atomic E-state index is 12.7. The van der Waals surface area contributed by atoms with E-state index in [1.165, 1.54) is 0 Å². The summed E-state index contributed by atoms with van der Waals surface area (Å²) in [6.45, 7) is 8.34. The molecule has 3 N–H and O–H groups in total. The predicted octanol–water partition coefficient (Wildman–Crippen LogP) is 2.49. The average Bonchev–Trinajstić information content (AvgIpc) is 3.19. The Kier molecular flexibility index (Phi) is 8.87. The lowest BCUT2D eigenvalue weighted by atomic mass is 9.89. The first kappa shape index (κ1) is 25.2. The minimum absolute atomic E-state index is 0. The lowest BCUT2D eigenvalue weighted by Gasteiger charge is -2.39. The van der Waals surface area contributed by atoms with Crippen molar-refractivity contribution in [2.45, 2.75) is 51.6 Å². The van der Waals surface area contributed by atoms with Crippen LogP contribution in [0.2, 0.25) is 0 Å². The molecule has 1 aliphatic carbocycles. The van der Waals surface area contributed by atoms with Crippen molar-refractivity contribution in [2.75, 3.05) is 43.4 Å². The zero-order valence-corrected chi connectivity index (χ0v) is 20.5. The van der Waals surface area contributed by atoms with Crippen LogP contribution in [-0.2, 0) is 11.8 Å². The van der Waals surface area contributed by atoms with E-state index in [9.17, 15) is 4.79 Å². The summed E-state index contributed by atoms with van der Waals surface area (Å²) in [5.41, 5.74) is 1.79. The van der Waals surface area contributed by atoms with E-state index in [0.29, 0.717) is 35.7 Å². The van der Waals surface area contributed by atoms with E-state index in [4.69, 9.17) is 4.74 Å². The molecule has 0 bridgehead atoms. The number of esters is 1. The maximum Gasteiger partial charge on any atom is 0.343 e. The van der Waals surface area contributed by atoms with E-state index in [0.717, 1.165) is 57.5 Å². The molecule has 182 valence electrons. The molecule has 11 heteroatoms. The second-order valence-corrected chi connectivity index (χ2v) is 8.54. The van der Waals surface area contributed by atoms with Gasteiger partial charge in [0.05, 0.1) is 24.2 Å². The number of carbonyl (C=O) groups excluding carboxylic acids is 1. The van der Waals surface area contributed by atoms with Gasteiger partial charge in [-0.2, -0.15) is 10.1 Å². The molecule has 2 aliphatic rings. The highest BCUT2D eigenvalue weighted by Crippen LogP contribution is 2.28. The summed E-state index contributed by atoms with van der Waals surface area (Å²) in [5, 5.41) is 14.3. The highest BCUT2D eigenvalue weighted by molar-refractivity contribution is 5.96. The molecule has 3 heterocycles. The molecule has 1 saturated carbocycles. The van der Waals surface area contributed by atoms with Crippen molar-refractivity contribution >= 4 is 35.8 Å². The van der Waals surface area contributed by atoms with Crippen LogP contribution < -0.4 is 16.0 Å². The van der Waals surface area contributed by atoms with Crippen LogP contribution in [0.15, 0.2) is 12.4 Å². The van der Waals surface area contributed by atoms with Gasteiger partial charge in [0, 0.05) is 51.5 Å². The summed E-state index contributed by atoms with van der Waals surface area (Å²) in [5.74, 6) is 0.573. The molecule has 2 aromatic rings. The van der Waals surface area contributed by atoms with Crippen LogP contribution in [0.25, 0.3) is 0 Å². The van der Waals surface area contributed by atoms with Crippen LogP contribution in [0.5, 0.6) is 0 Å². The highest BCUT2D eigenvalue weighted by atomic mass is 35.5. The Morgan fingerprint density at radius 3 is 2.58 bits per heavy atom. The molecule has 0 amide bonds. The molecule has 10 nitrogen and oxygen atoms in total. The van der Waals surface area contributed by atoms with Crippen molar-refractivity contribution < 1.29 is 9.53 Å². The second-order valence-electron chi connectivity index (χ2n) is 8.54. The van der Waals surface area contributed by atoms with Crippen LogP contribution in [-0.4, -0.2) is 75.5 Å². The number of piperazine rings is 1. The number of aromatic nitrogens is 4. The number of halogens is 1. The zero-order chi connectivity index (χ0) is 22.5. The fourth-order valence-electron chi connectivity index (χ4n) is 4.62. The molecular formula is C22H35ClN8O2. The number of aryl methyl sites for hydroxylation is 2. The van der Waals surface area contributed by atoms with Crippen LogP contribution in [0, 0.1) is 6.92 Å². The maximum atomic E-state index is 12.7. The van der Waals surface area contributed by atoms with Crippen LogP contribution >= 0.6 is 12.4 Å². The molecule has 2 aromatic heterocycles. The topological polar surface area (TPSA) is 109 Å². The van der Waals surface area contributed by atoms with Gasteiger partial charge >= 0.3 is 5.97 Å². The number of nitrogens with zero attached hydrogens (tertiary/aromatic N) is 5. The SMILES string of the molecule is CCOC(=O)c1c(C)nc(Nc2cnn(C)c2)nc1NC1CCC(N2CCNCC2)CC1.Cl. The molecule has 0 atom stereocenters. The fraction of sp³-hybridized carbons (Fsp3) is 0.636. The minimum atomic E-state index is -0.394. The van der Waals surface area contributed by atoms with Gasteiger partial charge in [-0.25, -0.2) is 9.78 Å². The second kappa shape index (κ2) is 11.6. The molecule has 4 rings (SSSR count). The molecule has 0 radical (unpaired) electrons. The van der Waals surface area contributed by atoms with Crippen molar-refractivity contribution in [3.63, 3.8) is 0 Å². The zero-order valence-electron chi connectivity index (χ0n) is 19.6. The van der Waals surface area contributed by atoms with Crippen molar-refractivity contribution in [2.24, 2.45) is 7.05 Å². The number of hydrogen-bond acceptors (Lipinski definition) is 9. The van der Waals surface area contributed by atoms with Gasteiger partial charge in [-0.05, 0) is 39.5 Å². The van der Waals surface area contributed by atoms with Gasteiger partial charge in [-0.3, -0.25) is 9.58 Å². The van der Waals surface area contributed by atoms with E-state index in [1.807, 2.05) is 20.2 Å². The molecule has 1 aliphatic heterocycles. The van der Waals surface area contributed by atoms with Gasteiger partial charge in [0.2, 0.25) is 5.95 Å². The Labute approximate surface area is 201 Å². The number of carbonyl (C=O) groups is 1. The van der Waals surface area contributed by atoms with Gasteiger partial charge in [0.25, 0.3) is 0 Å². The van der Waals surface area contributed by atoms with Crippen molar-refractivity contribution in [1.29, 1.82) is 0 Å². The third-order valence-electron chi connectivity index (χ3n) is 6.24. The summed E-state index contributed by atoms with van der Waals surface area (Å²) in [6.07, 6.45) is 7.95. The van der Waals surface area contributed by atoms with Gasteiger partial charge in [-0.15, -0.1) is 12.4 Å². The van der Waals surface area contributed by atoms with Gasteiger partial charge < -0.3 is 20.7 Å². The van der Waals surface area contributed by atoms with Crippen molar-refractivity contribution in [1.82, 2.24) is 30.0 Å². The standard InChI is InChI=1S/C22H34N8O2.ClH/c1-4-32-21(31)19-15(2)25-22(27-17-13-24-29(3)14-17)28-20(19)26-16-5-7-18(8-6-16)30-11-9-23-10-12-30;/h13-14,16,18,23H,4-12H2,1-3H3,(H2,25,26,27,28);1H. The Balaban J connectivity index is 0.00000306. The first-order valence-corrected chi connectivity index (χ1v) is 11.6. The normalized spacial score (nSPS) is 21.2. The summed E-state index contributed by atoms with van der Waals surface area (Å²) in [7, 11) is 1.85. The number of ether oxygens (including phenoxy) is 1. The summed E-state index contributed by atoms with van der Waals surface area (Å²) >= 11 is 0. The smallest absolute Gasteiger partial charge is 0.343 e. The van der Waals surface area contributed by atoms with E-state index < -0.39 is 5.97 Å². The third-order valence-corrected chi connectivity index (χ3v) is 6.24. The number of hydrogen-bond donors (Lipinski definition) is 3. The van der Waals surface area contributed by atoms with Crippen LogP contribution in [0.3, 0.4) is 0 Å². The molecule has 1 saturated heterocycles. The number of anilines is 3. The monoisotopic (exact) mass is 478 g/mol. The first-order valence-electron chi connectivity index (χ1n) is 11.6. The Morgan fingerprint density at radius 2 is 1.94 bits per heavy atom. The lowest BCUT2D eigenvalue weighted by molar-refractivity contribution is 0.0525. The molecule has 0 unspecified atom stereocenters. The van der Waals surface area contributed by atoms with Crippen molar-refractivity contribution in [3.05, 3.63) is 23.7 Å². The fourth-order valence-corrected chi connectivity index (χ4v) is 4.62. The molecule has 33 heavy (non-hydrogen) atoms. The Bertz CT molecular complexity index is 923. The van der Waals surface area contributed by atoms with E-state index >= 15 is 0 Å². The largest absolute Gasteiger partial charge is 0.462 e. The van der Waals surface area contributed by atoms with Gasteiger partial charge in [-0.1, -0.05) is 0 Å². The molecule has 2 fully saturated rings. The van der Waals surface area contributed by atoms with Gasteiger partial charge in [0.1, 0.15) is 11.4 Å². The quantitative estimate of drug-likeness (QED) is 0.517. The molecular weight excluding hydrogens is 444 g/mol. The summed E-state index contributed by atoms with van der Waals surface area (Å²) in [4.78, 5) is 24.4.